The Kier molecular flexibility index (Phi) is 4.87. The van der Waals surface area contributed by atoms with Crippen molar-refractivity contribution in [2.45, 2.75) is 25.0 Å². The Morgan fingerprint density at radius 2 is 2.00 bits per heavy atom. The standard InChI is InChI=1S/C22H24N2O2/c1-26-19-7-4-6-17(13-19)20-11-12-24(15-22(20)25)14-18-10-9-16-5-2-3-8-21(16)23-18/h2-10,13,20,22,25H,11-12,14-15H2,1H3/t20-,22+/m0/s1. The van der Waals surface area contributed by atoms with Gasteiger partial charge in [0.25, 0.3) is 0 Å². The second kappa shape index (κ2) is 7.44. The third-order valence-corrected chi connectivity index (χ3v) is 5.23. The number of aliphatic hydroxyl groups is 1. The Morgan fingerprint density at radius 3 is 2.85 bits per heavy atom. The zero-order valence-corrected chi connectivity index (χ0v) is 15.0. The van der Waals surface area contributed by atoms with Crippen molar-refractivity contribution in [1.82, 2.24) is 9.88 Å². The van der Waals surface area contributed by atoms with Crippen molar-refractivity contribution in [3.8, 4) is 5.75 Å². The molecule has 4 nitrogen and oxygen atoms in total. The number of likely N-dealkylation sites (tertiary alicyclic amines) is 1. The Bertz CT molecular complexity index is 896. The van der Waals surface area contributed by atoms with Crippen molar-refractivity contribution in [2.24, 2.45) is 0 Å². The van der Waals surface area contributed by atoms with Gasteiger partial charge in [-0.1, -0.05) is 36.4 Å². The van der Waals surface area contributed by atoms with Gasteiger partial charge in [0.2, 0.25) is 0 Å². The zero-order chi connectivity index (χ0) is 17.9. The van der Waals surface area contributed by atoms with E-state index in [9.17, 15) is 5.11 Å². The van der Waals surface area contributed by atoms with Crippen LogP contribution in [-0.2, 0) is 6.54 Å². The Balaban J connectivity index is 1.44. The molecule has 1 N–H and O–H groups in total. The molecule has 1 aliphatic rings. The van der Waals surface area contributed by atoms with Crippen molar-refractivity contribution in [1.29, 1.82) is 0 Å². The maximum atomic E-state index is 10.7. The van der Waals surface area contributed by atoms with E-state index in [2.05, 4.69) is 29.2 Å². The van der Waals surface area contributed by atoms with Gasteiger partial charge in [0.1, 0.15) is 5.75 Å². The van der Waals surface area contributed by atoms with Gasteiger partial charge in [0.15, 0.2) is 0 Å². The van der Waals surface area contributed by atoms with Crippen LogP contribution in [-0.4, -0.2) is 41.3 Å². The summed E-state index contributed by atoms with van der Waals surface area (Å²) in [5.74, 6) is 1.00. The number of fused-ring (bicyclic) bond motifs is 1. The molecular weight excluding hydrogens is 324 g/mol. The van der Waals surface area contributed by atoms with Crippen molar-refractivity contribution in [3.63, 3.8) is 0 Å². The Hall–Kier alpha value is -2.43. The quantitative estimate of drug-likeness (QED) is 0.783. The smallest absolute Gasteiger partial charge is 0.119 e. The number of hydrogen-bond acceptors (Lipinski definition) is 4. The molecule has 0 aliphatic carbocycles. The third kappa shape index (κ3) is 3.57. The zero-order valence-electron chi connectivity index (χ0n) is 15.0. The summed E-state index contributed by atoms with van der Waals surface area (Å²) in [6.45, 7) is 2.39. The van der Waals surface area contributed by atoms with Crippen molar-refractivity contribution in [3.05, 3.63) is 71.9 Å². The fraction of sp³-hybridized carbons (Fsp3) is 0.318. The topological polar surface area (TPSA) is 45.6 Å². The van der Waals surface area contributed by atoms with Crippen LogP contribution in [0, 0.1) is 0 Å². The van der Waals surface area contributed by atoms with Crippen LogP contribution >= 0.6 is 0 Å². The molecule has 4 heteroatoms. The van der Waals surface area contributed by atoms with Gasteiger partial charge in [-0.2, -0.15) is 0 Å². The summed E-state index contributed by atoms with van der Waals surface area (Å²) < 4.78 is 5.32. The number of rotatable bonds is 4. The molecule has 0 amide bonds. The molecule has 1 aliphatic heterocycles. The molecule has 2 atom stereocenters. The van der Waals surface area contributed by atoms with Gasteiger partial charge in [-0.3, -0.25) is 9.88 Å². The van der Waals surface area contributed by atoms with Gasteiger partial charge in [-0.15, -0.1) is 0 Å². The number of β-amino-alcohol motifs (C(OH)–C–C–N with tert-alkyl or cyclic N) is 1. The summed E-state index contributed by atoms with van der Waals surface area (Å²) in [5.41, 5.74) is 3.23. The minimum Gasteiger partial charge on any atom is -0.497 e. The normalized spacial score (nSPS) is 21.0. The molecule has 1 aromatic heterocycles. The van der Waals surface area contributed by atoms with Crippen LogP contribution in [0.15, 0.2) is 60.7 Å². The number of aliphatic hydroxyl groups excluding tert-OH is 1. The van der Waals surface area contributed by atoms with Crippen LogP contribution in [0.3, 0.4) is 0 Å². The minimum absolute atomic E-state index is 0.158. The van der Waals surface area contributed by atoms with E-state index in [4.69, 9.17) is 9.72 Å². The molecule has 134 valence electrons. The van der Waals surface area contributed by atoms with Crippen molar-refractivity contribution in [2.75, 3.05) is 20.2 Å². The number of benzene rings is 2. The number of nitrogens with zero attached hydrogens (tertiary/aromatic N) is 2. The predicted molar refractivity (Wildman–Crippen MR) is 103 cm³/mol. The highest BCUT2D eigenvalue weighted by molar-refractivity contribution is 5.78. The lowest BCUT2D eigenvalue weighted by atomic mass is 9.87. The van der Waals surface area contributed by atoms with Crippen LogP contribution in [0.2, 0.25) is 0 Å². The lowest BCUT2D eigenvalue weighted by Gasteiger charge is -2.36. The van der Waals surface area contributed by atoms with Gasteiger partial charge in [-0.05, 0) is 42.8 Å². The van der Waals surface area contributed by atoms with Crippen LogP contribution in [0.5, 0.6) is 5.75 Å². The maximum absolute atomic E-state index is 10.7. The molecule has 0 spiro atoms. The van der Waals surface area contributed by atoms with Crippen LogP contribution in [0.1, 0.15) is 23.6 Å². The first-order chi connectivity index (χ1) is 12.7. The molecule has 3 aromatic rings. The number of hydrogen-bond donors (Lipinski definition) is 1. The molecule has 2 heterocycles. The minimum atomic E-state index is -0.378. The second-order valence-electron chi connectivity index (χ2n) is 6.97. The molecule has 4 rings (SSSR count). The number of methoxy groups -OCH3 is 1. The number of ether oxygens (including phenoxy) is 1. The van der Waals surface area contributed by atoms with Crippen LogP contribution < -0.4 is 4.74 Å². The summed E-state index contributed by atoms with van der Waals surface area (Å²) in [6, 6.07) is 20.4. The predicted octanol–water partition coefficient (Wildman–Crippen LogP) is 3.59. The lowest BCUT2D eigenvalue weighted by molar-refractivity contribution is 0.0471. The lowest BCUT2D eigenvalue weighted by Crippen LogP contribution is -2.42. The van der Waals surface area contributed by atoms with Crippen molar-refractivity contribution >= 4 is 10.9 Å². The number of para-hydroxylation sites is 1. The van der Waals surface area contributed by atoms with E-state index in [1.807, 2.05) is 36.4 Å². The molecule has 0 unspecified atom stereocenters. The largest absolute Gasteiger partial charge is 0.497 e. The number of piperidine rings is 1. The van der Waals surface area contributed by atoms with E-state index in [0.29, 0.717) is 6.54 Å². The molecule has 1 saturated heterocycles. The summed E-state index contributed by atoms with van der Waals surface area (Å²) in [7, 11) is 1.68. The van der Waals surface area contributed by atoms with E-state index >= 15 is 0 Å². The molecule has 2 aromatic carbocycles. The van der Waals surface area contributed by atoms with E-state index in [-0.39, 0.29) is 12.0 Å². The van der Waals surface area contributed by atoms with E-state index in [1.54, 1.807) is 7.11 Å². The third-order valence-electron chi connectivity index (χ3n) is 5.23. The number of aromatic nitrogens is 1. The van der Waals surface area contributed by atoms with Gasteiger partial charge < -0.3 is 9.84 Å². The second-order valence-corrected chi connectivity index (χ2v) is 6.97. The van der Waals surface area contributed by atoms with Gasteiger partial charge in [0.05, 0.1) is 24.4 Å². The highest BCUT2D eigenvalue weighted by Gasteiger charge is 2.29. The molecule has 26 heavy (non-hydrogen) atoms. The Labute approximate surface area is 154 Å². The summed E-state index contributed by atoms with van der Waals surface area (Å²) >= 11 is 0. The SMILES string of the molecule is COc1cccc([C@@H]2CCN(Cc3ccc4ccccc4n3)C[C@H]2O)c1. The molecule has 1 fully saturated rings. The van der Waals surface area contributed by atoms with Crippen LogP contribution in [0.25, 0.3) is 10.9 Å². The monoisotopic (exact) mass is 348 g/mol. The highest BCUT2D eigenvalue weighted by Crippen LogP contribution is 2.31. The molecule has 0 bridgehead atoms. The molecule has 0 saturated carbocycles. The van der Waals surface area contributed by atoms with Crippen LogP contribution in [0.4, 0.5) is 0 Å². The van der Waals surface area contributed by atoms with E-state index < -0.39 is 0 Å². The summed E-state index contributed by atoms with van der Waals surface area (Å²) in [5, 5.41) is 11.9. The summed E-state index contributed by atoms with van der Waals surface area (Å²) in [4.78, 5) is 7.04. The number of pyridine rings is 1. The van der Waals surface area contributed by atoms with Gasteiger partial charge >= 0.3 is 0 Å². The maximum Gasteiger partial charge on any atom is 0.119 e. The van der Waals surface area contributed by atoms with Gasteiger partial charge in [0, 0.05) is 24.4 Å². The fourth-order valence-electron chi connectivity index (χ4n) is 3.83. The first-order valence-electron chi connectivity index (χ1n) is 9.12. The van der Waals surface area contributed by atoms with E-state index in [0.717, 1.165) is 47.4 Å². The Morgan fingerprint density at radius 1 is 1.12 bits per heavy atom. The highest BCUT2D eigenvalue weighted by atomic mass is 16.5. The van der Waals surface area contributed by atoms with Crippen molar-refractivity contribution < 1.29 is 9.84 Å². The average molecular weight is 348 g/mol. The molecule has 0 radical (unpaired) electrons. The van der Waals surface area contributed by atoms with Gasteiger partial charge in [-0.25, -0.2) is 0 Å². The molecular formula is C22H24N2O2. The first kappa shape index (κ1) is 17.0. The summed E-state index contributed by atoms with van der Waals surface area (Å²) in [6.07, 6.45) is 0.554. The van der Waals surface area contributed by atoms with E-state index in [1.165, 1.54) is 0 Å². The fourth-order valence-corrected chi connectivity index (χ4v) is 3.83. The first-order valence-corrected chi connectivity index (χ1v) is 9.12. The average Bonchev–Trinajstić information content (AvgIpc) is 2.68.